The van der Waals surface area contributed by atoms with Gasteiger partial charge in [0.25, 0.3) is 0 Å². The molecule has 1 aromatic rings. The number of halogens is 2. The molecule has 0 aliphatic rings. The van der Waals surface area contributed by atoms with Gasteiger partial charge in [0.2, 0.25) is 11.8 Å². The molecular formula is C14H17Cl2N3O2. The monoisotopic (exact) mass is 329 g/mol. The summed E-state index contributed by atoms with van der Waals surface area (Å²) in [7, 11) is 0. The number of nitrogens with one attached hydrogen (secondary N) is 2. The lowest BCUT2D eigenvalue weighted by molar-refractivity contribution is -0.124. The van der Waals surface area contributed by atoms with Gasteiger partial charge in [-0.25, -0.2) is 5.43 Å². The van der Waals surface area contributed by atoms with Gasteiger partial charge >= 0.3 is 0 Å². The second-order valence-electron chi connectivity index (χ2n) is 4.83. The van der Waals surface area contributed by atoms with Crippen LogP contribution >= 0.6 is 23.2 Å². The van der Waals surface area contributed by atoms with E-state index < -0.39 is 0 Å². The van der Waals surface area contributed by atoms with Gasteiger partial charge in [0, 0.05) is 17.3 Å². The molecule has 0 aliphatic carbocycles. The quantitative estimate of drug-likeness (QED) is 0.641. The third-order valence-corrected chi connectivity index (χ3v) is 3.24. The summed E-state index contributed by atoms with van der Waals surface area (Å²) in [5.74, 6) is -0.612. The number of hydrazone groups is 1. The number of carbonyl (C=O) groups is 2. The number of carbonyl (C=O) groups excluding carboxylic acids is 2. The van der Waals surface area contributed by atoms with Crippen LogP contribution in [0.25, 0.3) is 0 Å². The van der Waals surface area contributed by atoms with Crippen molar-refractivity contribution in [1.29, 1.82) is 0 Å². The summed E-state index contributed by atoms with van der Waals surface area (Å²) in [5.41, 5.74) is 3.45. The highest BCUT2D eigenvalue weighted by atomic mass is 35.5. The van der Waals surface area contributed by atoms with E-state index in [0.29, 0.717) is 21.4 Å². The molecule has 114 valence electrons. The van der Waals surface area contributed by atoms with E-state index in [1.165, 1.54) is 0 Å². The van der Waals surface area contributed by atoms with Crippen molar-refractivity contribution in [2.24, 2.45) is 11.0 Å². The maximum absolute atomic E-state index is 11.8. The number of amides is 2. The van der Waals surface area contributed by atoms with Crippen LogP contribution in [0.3, 0.4) is 0 Å². The second kappa shape index (κ2) is 8.00. The lowest BCUT2D eigenvalue weighted by Gasteiger charge is -2.07. The van der Waals surface area contributed by atoms with Crippen LogP contribution in [0.1, 0.15) is 27.2 Å². The summed E-state index contributed by atoms with van der Waals surface area (Å²) in [6.07, 6.45) is 0.0681. The summed E-state index contributed by atoms with van der Waals surface area (Å²) < 4.78 is 0. The normalized spacial score (nSPS) is 11.4. The maximum Gasteiger partial charge on any atom is 0.242 e. The van der Waals surface area contributed by atoms with Crippen molar-refractivity contribution in [3.63, 3.8) is 0 Å². The van der Waals surface area contributed by atoms with Gasteiger partial charge in [-0.05, 0) is 25.1 Å². The van der Waals surface area contributed by atoms with Crippen LogP contribution in [-0.2, 0) is 9.59 Å². The summed E-state index contributed by atoms with van der Waals surface area (Å²) in [4.78, 5) is 23.2. The van der Waals surface area contributed by atoms with E-state index in [0.717, 1.165) is 0 Å². The van der Waals surface area contributed by atoms with Gasteiger partial charge in [0.1, 0.15) is 0 Å². The molecule has 0 saturated heterocycles. The number of benzene rings is 1. The van der Waals surface area contributed by atoms with Crippen LogP contribution < -0.4 is 10.7 Å². The molecule has 0 heterocycles. The first-order chi connectivity index (χ1) is 9.79. The van der Waals surface area contributed by atoms with Gasteiger partial charge in [-0.3, -0.25) is 9.59 Å². The molecule has 21 heavy (non-hydrogen) atoms. The Morgan fingerprint density at radius 2 is 1.90 bits per heavy atom. The van der Waals surface area contributed by atoms with Gasteiger partial charge in [-0.15, -0.1) is 0 Å². The average molecular weight is 330 g/mol. The predicted octanol–water partition coefficient (Wildman–Crippen LogP) is 3.47. The van der Waals surface area contributed by atoms with E-state index in [9.17, 15) is 9.59 Å². The van der Waals surface area contributed by atoms with Gasteiger partial charge in [-0.2, -0.15) is 5.10 Å². The van der Waals surface area contributed by atoms with Gasteiger partial charge in [-0.1, -0.05) is 37.0 Å². The summed E-state index contributed by atoms with van der Waals surface area (Å²) in [5, 5.41) is 7.33. The van der Waals surface area contributed by atoms with Crippen molar-refractivity contribution in [2.75, 3.05) is 5.32 Å². The zero-order valence-electron chi connectivity index (χ0n) is 12.0. The minimum atomic E-state index is -0.256. The Kier molecular flexibility index (Phi) is 6.65. The Morgan fingerprint density at radius 3 is 2.48 bits per heavy atom. The molecule has 7 heteroatoms. The maximum atomic E-state index is 11.8. The molecule has 2 N–H and O–H groups in total. The van der Waals surface area contributed by atoms with E-state index >= 15 is 0 Å². The molecule has 0 fully saturated rings. The Morgan fingerprint density at radius 1 is 1.24 bits per heavy atom. The molecule has 0 aliphatic heterocycles. The largest absolute Gasteiger partial charge is 0.326 e. The smallest absolute Gasteiger partial charge is 0.242 e. The fourth-order valence-corrected chi connectivity index (χ4v) is 1.63. The van der Waals surface area contributed by atoms with Gasteiger partial charge in [0.05, 0.1) is 16.5 Å². The summed E-state index contributed by atoms with van der Waals surface area (Å²) in [6, 6.07) is 4.82. The first-order valence-corrected chi connectivity index (χ1v) is 7.13. The molecule has 0 spiro atoms. The molecule has 0 unspecified atom stereocenters. The highest BCUT2D eigenvalue weighted by Gasteiger charge is 2.08. The molecule has 0 atom stereocenters. The number of anilines is 1. The van der Waals surface area contributed by atoms with E-state index in [1.807, 2.05) is 0 Å². The number of rotatable bonds is 5. The van der Waals surface area contributed by atoms with Crippen LogP contribution in [0.2, 0.25) is 10.0 Å². The van der Waals surface area contributed by atoms with Crippen LogP contribution in [0.15, 0.2) is 23.3 Å². The van der Waals surface area contributed by atoms with E-state index in [1.54, 1.807) is 39.0 Å². The first kappa shape index (κ1) is 17.5. The topological polar surface area (TPSA) is 70.6 Å². The lowest BCUT2D eigenvalue weighted by Crippen LogP contribution is -2.25. The van der Waals surface area contributed by atoms with Crippen molar-refractivity contribution in [1.82, 2.24) is 5.43 Å². The molecule has 0 aromatic heterocycles. The molecule has 2 amide bonds. The predicted molar refractivity (Wildman–Crippen MR) is 85.8 cm³/mol. The molecular weight excluding hydrogens is 313 g/mol. The molecule has 0 saturated carbocycles. The molecule has 1 rings (SSSR count). The zero-order chi connectivity index (χ0) is 16.0. The van der Waals surface area contributed by atoms with Crippen LogP contribution in [0, 0.1) is 5.92 Å². The third-order valence-electron chi connectivity index (χ3n) is 2.50. The fourth-order valence-electron chi connectivity index (χ4n) is 1.33. The molecule has 0 radical (unpaired) electrons. The summed E-state index contributed by atoms with van der Waals surface area (Å²) >= 11 is 11.7. The lowest BCUT2D eigenvalue weighted by atomic mass is 10.2. The third kappa shape index (κ3) is 6.14. The average Bonchev–Trinajstić information content (AvgIpc) is 2.40. The van der Waals surface area contributed by atoms with Crippen molar-refractivity contribution in [3.05, 3.63) is 28.2 Å². The molecule has 1 aromatic carbocycles. The minimum Gasteiger partial charge on any atom is -0.326 e. The minimum absolute atomic E-state index is 0.0681. The van der Waals surface area contributed by atoms with E-state index in [-0.39, 0.29) is 24.2 Å². The first-order valence-electron chi connectivity index (χ1n) is 6.37. The van der Waals surface area contributed by atoms with Crippen LogP contribution in [0.5, 0.6) is 0 Å². The van der Waals surface area contributed by atoms with Gasteiger partial charge in [0.15, 0.2) is 0 Å². The standard InChI is InChI=1S/C14H17Cl2N3O2/c1-8(2)14(21)19-18-9(3)6-13(20)17-10-4-5-11(15)12(16)7-10/h4-5,7-8H,6H2,1-3H3,(H,17,20)(H,19,21)/b18-9+. The van der Waals surface area contributed by atoms with Gasteiger partial charge < -0.3 is 5.32 Å². The SMILES string of the molecule is C/C(CC(=O)Nc1ccc(Cl)c(Cl)c1)=N\NC(=O)C(C)C. The van der Waals surface area contributed by atoms with E-state index in [4.69, 9.17) is 23.2 Å². The Hall–Kier alpha value is -1.59. The van der Waals surface area contributed by atoms with E-state index in [2.05, 4.69) is 15.8 Å². The molecule has 0 bridgehead atoms. The highest BCUT2D eigenvalue weighted by Crippen LogP contribution is 2.24. The van der Waals surface area contributed by atoms with Crippen LogP contribution in [-0.4, -0.2) is 17.5 Å². The van der Waals surface area contributed by atoms with Crippen molar-refractivity contribution < 1.29 is 9.59 Å². The number of nitrogens with zero attached hydrogens (tertiary/aromatic N) is 1. The molecule has 5 nitrogen and oxygen atoms in total. The highest BCUT2D eigenvalue weighted by molar-refractivity contribution is 6.42. The number of hydrogen-bond donors (Lipinski definition) is 2. The Bertz CT molecular complexity index is 571. The second-order valence-corrected chi connectivity index (χ2v) is 5.65. The van der Waals surface area contributed by atoms with Crippen molar-refractivity contribution in [2.45, 2.75) is 27.2 Å². The zero-order valence-corrected chi connectivity index (χ0v) is 13.5. The summed E-state index contributed by atoms with van der Waals surface area (Å²) in [6.45, 7) is 5.18. The number of hydrogen-bond acceptors (Lipinski definition) is 3. The van der Waals surface area contributed by atoms with Crippen LogP contribution in [0.4, 0.5) is 5.69 Å². The Labute approximate surface area is 133 Å². The fraction of sp³-hybridized carbons (Fsp3) is 0.357. The van der Waals surface area contributed by atoms with Crippen molar-refractivity contribution in [3.8, 4) is 0 Å². The van der Waals surface area contributed by atoms with Crippen molar-refractivity contribution >= 4 is 46.4 Å². The Balaban J connectivity index is 2.54.